The van der Waals surface area contributed by atoms with E-state index in [1.807, 2.05) is 24.3 Å². The van der Waals surface area contributed by atoms with Crippen molar-refractivity contribution < 1.29 is 9.53 Å². The molecule has 1 aromatic rings. The number of ether oxygens (including phenoxy) is 1. The lowest BCUT2D eigenvalue weighted by molar-refractivity contribution is -0.124. The van der Waals surface area contributed by atoms with Crippen LogP contribution in [0.15, 0.2) is 24.3 Å². The summed E-state index contributed by atoms with van der Waals surface area (Å²) in [6.45, 7) is 2.63. The number of anilines is 1. The summed E-state index contributed by atoms with van der Waals surface area (Å²) in [7, 11) is 1.67. The third-order valence-electron chi connectivity index (χ3n) is 3.75. The summed E-state index contributed by atoms with van der Waals surface area (Å²) in [6.07, 6.45) is 4.31. The molecule has 1 aliphatic carbocycles. The minimum atomic E-state index is -0.183. The molecule has 0 aliphatic heterocycles. The molecule has 0 bridgehead atoms. The van der Waals surface area contributed by atoms with Gasteiger partial charge in [0.2, 0.25) is 5.91 Å². The Labute approximate surface area is 109 Å². The lowest BCUT2D eigenvalue weighted by Gasteiger charge is -2.22. The average Bonchev–Trinajstić information content (AvgIpc) is 2.78. The second-order valence-corrected chi connectivity index (χ2v) is 5.36. The van der Waals surface area contributed by atoms with E-state index in [4.69, 9.17) is 4.74 Å². The molecule has 1 fully saturated rings. The molecule has 0 aromatic heterocycles. The minimum Gasteiger partial charge on any atom is -0.380 e. The van der Waals surface area contributed by atoms with Crippen molar-refractivity contribution in [3.63, 3.8) is 0 Å². The van der Waals surface area contributed by atoms with Gasteiger partial charge in [-0.15, -0.1) is 0 Å². The third kappa shape index (κ3) is 2.91. The van der Waals surface area contributed by atoms with Crippen molar-refractivity contribution in [3.05, 3.63) is 29.8 Å². The fraction of sp³-hybridized carbons (Fsp3) is 0.533. The Kier molecular flexibility index (Phi) is 4.02. The molecular formula is C15H21NO2. The van der Waals surface area contributed by atoms with Crippen LogP contribution < -0.4 is 5.32 Å². The highest BCUT2D eigenvalue weighted by Gasteiger charge is 2.36. The Hall–Kier alpha value is -1.35. The smallest absolute Gasteiger partial charge is 0.230 e. The van der Waals surface area contributed by atoms with Gasteiger partial charge in [-0.3, -0.25) is 4.79 Å². The molecule has 3 nitrogen and oxygen atoms in total. The number of amides is 1. The van der Waals surface area contributed by atoms with Gasteiger partial charge in [0.25, 0.3) is 0 Å². The summed E-state index contributed by atoms with van der Waals surface area (Å²) in [5.41, 5.74) is 1.76. The molecular weight excluding hydrogens is 226 g/mol. The predicted molar refractivity (Wildman–Crippen MR) is 72.4 cm³/mol. The molecule has 0 atom stereocenters. The lowest BCUT2D eigenvalue weighted by Crippen LogP contribution is -2.30. The van der Waals surface area contributed by atoms with Gasteiger partial charge < -0.3 is 10.1 Å². The molecule has 1 N–H and O–H groups in total. The predicted octanol–water partition coefficient (Wildman–Crippen LogP) is 3.35. The van der Waals surface area contributed by atoms with Crippen LogP contribution in [0.1, 0.15) is 38.2 Å². The zero-order valence-electron chi connectivity index (χ0n) is 11.2. The summed E-state index contributed by atoms with van der Waals surface area (Å²) in [5, 5.41) is 3.03. The largest absolute Gasteiger partial charge is 0.380 e. The molecule has 0 saturated heterocycles. The molecule has 3 heteroatoms. The summed E-state index contributed by atoms with van der Waals surface area (Å²) in [5.74, 6) is 0.148. The molecule has 1 aliphatic rings. The highest BCUT2D eigenvalue weighted by Crippen LogP contribution is 2.38. The van der Waals surface area contributed by atoms with E-state index in [0.29, 0.717) is 6.61 Å². The zero-order valence-corrected chi connectivity index (χ0v) is 11.2. The zero-order chi connectivity index (χ0) is 13.0. The van der Waals surface area contributed by atoms with Gasteiger partial charge in [0, 0.05) is 18.2 Å². The normalized spacial score (nSPS) is 17.7. The summed E-state index contributed by atoms with van der Waals surface area (Å²) in [4.78, 5) is 12.3. The summed E-state index contributed by atoms with van der Waals surface area (Å²) < 4.78 is 5.09. The fourth-order valence-corrected chi connectivity index (χ4v) is 2.57. The first-order valence-corrected chi connectivity index (χ1v) is 6.53. The van der Waals surface area contributed by atoms with Crippen LogP contribution in [-0.2, 0) is 16.1 Å². The monoisotopic (exact) mass is 247 g/mol. The van der Waals surface area contributed by atoms with Gasteiger partial charge in [-0.25, -0.2) is 0 Å². The number of carbonyl (C=O) groups excluding carboxylic acids is 1. The number of benzene rings is 1. The van der Waals surface area contributed by atoms with Crippen molar-refractivity contribution in [2.24, 2.45) is 5.41 Å². The standard InChI is InChI=1S/C15H21NO2/c1-15(8-3-4-9-15)14(17)16-13-7-5-6-12(10-13)11-18-2/h5-7,10H,3-4,8-9,11H2,1-2H3,(H,16,17). The maximum atomic E-state index is 12.3. The maximum Gasteiger partial charge on any atom is 0.230 e. The van der Waals surface area contributed by atoms with Crippen LogP contribution in [0.4, 0.5) is 5.69 Å². The lowest BCUT2D eigenvalue weighted by atomic mass is 9.88. The van der Waals surface area contributed by atoms with Crippen molar-refractivity contribution in [1.82, 2.24) is 0 Å². The third-order valence-corrected chi connectivity index (χ3v) is 3.75. The molecule has 2 rings (SSSR count). The van der Waals surface area contributed by atoms with Gasteiger partial charge in [0.15, 0.2) is 0 Å². The summed E-state index contributed by atoms with van der Waals surface area (Å²) in [6, 6.07) is 7.84. The topological polar surface area (TPSA) is 38.3 Å². The highest BCUT2D eigenvalue weighted by atomic mass is 16.5. The van der Waals surface area contributed by atoms with Crippen LogP contribution in [0.2, 0.25) is 0 Å². The van der Waals surface area contributed by atoms with Gasteiger partial charge >= 0.3 is 0 Å². The van der Waals surface area contributed by atoms with E-state index in [-0.39, 0.29) is 11.3 Å². The average molecular weight is 247 g/mol. The van der Waals surface area contributed by atoms with E-state index < -0.39 is 0 Å². The van der Waals surface area contributed by atoms with Gasteiger partial charge in [-0.1, -0.05) is 31.9 Å². The quantitative estimate of drug-likeness (QED) is 0.886. The van der Waals surface area contributed by atoms with E-state index in [0.717, 1.165) is 36.9 Å². The molecule has 1 saturated carbocycles. The van der Waals surface area contributed by atoms with E-state index in [1.54, 1.807) is 7.11 Å². The molecule has 0 heterocycles. The molecule has 0 radical (unpaired) electrons. The van der Waals surface area contributed by atoms with Crippen molar-refractivity contribution >= 4 is 11.6 Å². The van der Waals surface area contributed by atoms with Gasteiger partial charge in [0.05, 0.1) is 6.61 Å². The Bertz CT molecular complexity index is 422. The Morgan fingerprint density at radius 3 is 2.78 bits per heavy atom. The Morgan fingerprint density at radius 1 is 1.39 bits per heavy atom. The number of methoxy groups -OCH3 is 1. The van der Waals surface area contributed by atoms with Gasteiger partial charge in [0.1, 0.15) is 0 Å². The maximum absolute atomic E-state index is 12.3. The van der Waals surface area contributed by atoms with Crippen LogP contribution >= 0.6 is 0 Å². The summed E-state index contributed by atoms with van der Waals surface area (Å²) >= 11 is 0. The van der Waals surface area contributed by atoms with Crippen LogP contribution in [0.3, 0.4) is 0 Å². The molecule has 0 unspecified atom stereocenters. The molecule has 1 aromatic carbocycles. The highest BCUT2D eigenvalue weighted by molar-refractivity contribution is 5.95. The first-order chi connectivity index (χ1) is 8.64. The Balaban J connectivity index is 2.04. The minimum absolute atomic E-state index is 0.148. The van der Waals surface area contributed by atoms with E-state index in [2.05, 4.69) is 12.2 Å². The van der Waals surface area contributed by atoms with E-state index in [9.17, 15) is 4.79 Å². The molecule has 98 valence electrons. The van der Waals surface area contributed by atoms with E-state index in [1.165, 1.54) is 0 Å². The number of rotatable bonds is 4. The number of hydrogen-bond acceptors (Lipinski definition) is 2. The number of carbonyl (C=O) groups is 1. The van der Waals surface area contributed by atoms with Crippen LogP contribution in [0.5, 0.6) is 0 Å². The van der Waals surface area contributed by atoms with E-state index >= 15 is 0 Å². The molecule has 18 heavy (non-hydrogen) atoms. The van der Waals surface area contributed by atoms with Crippen molar-refractivity contribution in [2.75, 3.05) is 12.4 Å². The Morgan fingerprint density at radius 2 is 2.11 bits per heavy atom. The van der Waals surface area contributed by atoms with Gasteiger partial charge in [-0.05, 0) is 30.5 Å². The second-order valence-electron chi connectivity index (χ2n) is 5.36. The number of hydrogen-bond donors (Lipinski definition) is 1. The molecule has 0 spiro atoms. The van der Waals surface area contributed by atoms with Crippen molar-refractivity contribution in [3.8, 4) is 0 Å². The van der Waals surface area contributed by atoms with Crippen LogP contribution in [-0.4, -0.2) is 13.0 Å². The number of nitrogens with one attached hydrogen (secondary N) is 1. The van der Waals surface area contributed by atoms with Crippen molar-refractivity contribution in [1.29, 1.82) is 0 Å². The van der Waals surface area contributed by atoms with Crippen LogP contribution in [0, 0.1) is 5.41 Å². The van der Waals surface area contributed by atoms with Crippen molar-refractivity contribution in [2.45, 2.75) is 39.2 Å². The SMILES string of the molecule is COCc1cccc(NC(=O)C2(C)CCCC2)c1. The molecule has 1 amide bonds. The van der Waals surface area contributed by atoms with Gasteiger partial charge in [-0.2, -0.15) is 0 Å². The first kappa shape index (κ1) is 13.1. The second kappa shape index (κ2) is 5.53. The van der Waals surface area contributed by atoms with Crippen LogP contribution in [0.25, 0.3) is 0 Å². The fourth-order valence-electron chi connectivity index (χ4n) is 2.57. The first-order valence-electron chi connectivity index (χ1n) is 6.53.